The minimum Gasteiger partial charge on any atom is -0.330 e. The van der Waals surface area contributed by atoms with Crippen LogP contribution in [0, 0.1) is 5.92 Å². The lowest BCUT2D eigenvalue weighted by Gasteiger charge is -2.19. The maximum absolute atomic E-state index is 5.61. The molecular weight excluding hydrogens is 340 g/mol. The molecule has 4 rings (SSSR count). The van der Waals surface area contributed by atoms with Crippen molar-refractivity contribution in [3.63, 3.8) is 0 Å². The number of nitrogens with two attached hydrogens (primary N) is 1. The summed E-state index contributed by atoms with van der Waals surface area (Å²) in [5, 5.41) is 2.78. The van der Waals surface area contributed by atoms with E-state index in [0.717, 1.165) is 25.3 Å². The maximum atomic E-state index is 5.61. The van der Waals surface area contributed by atoms with E-state index in [1.807, 2.05) is 0 Å². The Morgan fingerprint density at radius 3 is 2.71 bits per heavy atom. The average molecular weight is 373 g/mol. The van der Waals surface area contributed by atoms with Gasteiger partial charge in [-0.25, -0.2) is 0 Å². The predicted molar refractivity (Wildman–Crippen MR) is 119 cm³/mol. The number of aromatic nitrogens is 1. The monoisotopic (exact) mass is 372 g/mol. The van der Waals surface area contributed by atoms with Gasteiger partial charge < -0.3 is 5.73 Å². The molecule has 2 N–H and O–H groups in total. The van der Waals surface area contributed by atoms with E-state index in [1.165, 1.54) is 53.3 Å². The number of nitrogens with zero attached hydrogens (tertiary/aromatic N) is 1. The van der Waals surface area contributed by atoms with E-state index in [1.54, 1.807) is 0 Å². The highest BCUT2D eigenvalue weighted by Crippen LogP contribution is 2.43. The molecule has 1 aromatic heterocycles. The molecule has 28 heavy (non-hydrogen) atoms. The molecular formula is C26H32N2. The number of rotatable bonds is 7. The molecule has 3 aromatic rings. The van der Waals surface area contributed by atoms with Crippen molar-refractivity contribution in [2.75, 3.05) is 6.54 Å². The molecule has 0 bridgehead atoms. The molecule has 2 aromatic carbocycles. The Morgan fingerprint density at radius 1 is 1.04 bits per heavy atom. The average Bonchev–Trinajstić information content (AvgIpc) is 3.20. The third-order valence-corrected chi connectivity index (χ3v) is 6.54. The van der Waals surface area contributed by atoms with Crippen LogP contribution in [0.5, 0.6) is 0 Å². The predicted octanol–water partition coefficient (Wildman–Crippen LogP) is 6.20. The first-order chi connectivity index (χ1) is 13.7. The number of pyridine rings is 1. The summed E-state index contributed by atoms with van der Waals surface area (Å²) in [4.78, 5) is 4.67. The number of benzene rings is 2. The van der Waals surface area contributed by atoms with E-state index < -0.39 is 0 Å². The van der Waals surface area contributed by atoms with Gasteiger partial charge in [0.2, 0.25) is 0 Å². The topological polar surface area (TPSA) is 38.9 Å². The van der Waals surface area contributed by atoms with Crippen molar-refractivity contribution in [2.45, 2.75) is 57.3 Å². The Kier molecular flexibility index (Phi) is 6.07. The van der Waals surface area contributed by atoms with Crippen LogP contribution in [0.2, 0.25) is 0 Å². The van der Waals surface area contributed by atoms with Crippen molar-refractivity contribution >= 4 is 10.8 Å². The van der Waals surface area contributed by atoms with Crippen molar-refractivity contribution < 1.29 is 0 Å². The zero-order valence-electron chi connectivity index (χ0n) is 17.0. The highest BCUT2D eigenvalue weighted by Gasteiger charge is 2.27. The second-order valence-electron chi connectivity index (χ2n) is 8.56. The molecule has 0 amide bonds. The van der Waals surface area contributed by atoms with Crippen LogP contribution in [0.15, 0.2) is 60.8 Å². The summed E-state index contributed by atoms with van der Waals surface area (Å²) in [5.41, 5.74) is 9.71. The van der Waals surface area contributed by atoms with Gasteiger partial charge in [0.15, 0.2) is 0 Å². The SMILES string of the molecule is C[C@@H](C[C@H]1CC[C@@H](c2ccc(CCCN)nc2)C1)c1cccc2ccccc12. The van der Waals surface area contributed by atoms with Crippen molar-refractivity contribution in [3.8, 4) is 0 Å². The van der Waals surface area contributed by atoms with Crippen LogP contribution in [0.4, 0.5) is 0 Å². The Labute approximate surface area is 169 Å². The van der Waals surface area contributed by atoms with Gasteiger partial charge in [0, 0.05) is 11.9 Å². The highest BCUT2D eigenvalue weighted by atomic mass is 14.7. The van der Waals surface area contributed by atoms with Gasteiger partial charge in [-0.15, -0.1) is 0 Å². The van der Waals surface area contributed by atoms with Gasteiger partial charge in [0.05, 0.1) is 0 Å². The van der Waals surface area contributed by atoms with Gasteiger partial charge in [-0.1, -0.05) is 55.5 Å². The largest absolute Gasteiger partial charge is 0.330 e. The van der Waals surface area contributed by atoms with E-state index >= 15 is 0 Å². The third-order valence-electron chi connectivity index (χ3n) is 6.54. The smallest absolute Gasteiger partial charge is 0.0404 e. The zero-order chi connectivity index (χ0) is 19.3. The molecule has 146 valence electrons. The standard InChI is InChI=1S/C26H32N2/c1-19(25-10-4-7-21-6-2-3-9-26(21)25)16-20-11-12-22(17-20)23-13-14-24(28-18-23)8-5-15-27/h2-4,6-7,9-10,13-14,18-20,22H,5,8,11-12,15-17,27H2,1H3/t19-,20+,22+/m0/s1. The first-order valence-electron chi connectivity index (χ1n) is 10.9. The van der Waals surface area contributed by atoms with Crippen LogP contribution in [0.1, 0.15) is 67.7 Å². The van der Waals surface area contributed by atoms with Crippen LogP contribution in [0.3, 0.4) is 0 Å². The molecule has 3 atom stereocenters. The van der Waals surface area contributed by atoms with E-state index in [4.69, 9.17) is 5.73 Å². The molecule has 0 spiro atoms. The summed E-state index contributed by atoms with van der Waals surface area (Å²) >= 11 is 0. The van der Waals surface area contributed by atoms with Crippen molar-refractivity contribution in [1.29, 1.82) is 0 Å². The van der Waals surface area contributed by atoms with E-state index in [0.29, 0.717) is 11.8 Å². The quantitative estimate of drug-likeness (QED) is 0.536. The molecule has 1 fully saturated rings. The number of aryl methyl sites for hydroxylation is 1. The molecule has 1 aliphatic carbocycles. The minimum atomic E-state index is 0.603. The Hall–Kier alpha value is -2.19. The van der Waals surface area contributed by atoms with Crippen LogP contribution >= 0.6 is 0 Å². The van der Waals surface area contributed by atoms with Crippen LogP contribution < -0.4 is 5.73 Å². The van der Waals surface area contributed by atoms with Gasteiger partial charge in [-0.2, -0.15) is 0 Å². The molecule has 0 saturated heterocycles. The lowest BCUT2D eigenvalue weighted by Crippen LogP contribution is -2.04. The molecule has 2 heteroatoms. The first kappa shape index (κ1) is 19.1. The van der Waals surface area contributed by atoms with E-state index in [-0.39, 0.29) is 0 Å². The molecule has 2 nitrogen and oxygen atoms in total. The van der Waals surface area contributed by atoms with Gasteiger partial charge in [0.1, 0.15) is 0 Å². The molecule has 0 aliphatic heterocycles. The van der Waals surface area contributed by atoms with Crippen LogP contribution in [-0.2, 0) is 6.42 Å². The summed E-state index contributed by atoms with van der Waals surface area (Å²) in [6, 6.07) is 20.1. The van der Waals surface area contributed by atoms with Gasteiger partial charge in [-0.05, 0) is 90.8 Å². The summed E-state index contributed by atoms with van der Waals surface area (Å²) < 4.78 is 0. The van der Waals surface area contributed by atoms with Gasteiger partial charge >= 0.3 is 0 Å². The second-order valence-corrected chi connectivity index (χ2v) is 8.56. The summed E-state index contributed by atoms with van der Waals surface area (Å²) in [7, 11) is 0. The molecule has 1 saturated carbocycles. The Bertz CT molecular complexity index is 894. The van der Waals surface area contributed by atoms with E-state index in [2.05, 4.69) is 72.7 Å². The molecule has 1 aliphatic rings. The third kappa shape index (κ3) is 4.28. The lowest BCUT2D eigenvalue weighted by atomic mass is 9.86. The van der Waals surface area contributed by atoms with Crippen LogP contribution in [0.25, 0.3) is 10.8 Å². The molecule has 1 heterocycles. The minimum absolute atomic E-state index is 0.603. The van der Waals surface area contributed by atoms with Crippen molar-refractivity contribution in [1.82, 2.24) is 4.98 Å². The summed E-state index contributed by atoms with van der Waals surface area (Å²) in [5.74, 6) is 2.10. The Balaban J connectivity index is 1.39. The fourth-order valence-corrected chi connectivity index (χ4v) is 5.01. The van der Waals surface area contributed by atoms with Gasteiger partial charge in [0.25, 0.3) is 0 Å². The number of hydrogen-bond acceptors (Lipinski definition) is 2. The Morgan fingerprint density at radius 2 is 1.89 bits per heavy atom. The van der Waals surface area contributed by atoms with E-state index in [9.17, 15) is 0 Å². The van der Waals surface area contributed by atoms with Crippen molar-refractivity contribution in [2.24, 2.45) is 11.7 Å². The maximum Gasteiger partial charge on any atom is 0.0404 e. The summed E-state index contributed by atoms with van der Waals surface area (Å²) in [6.07, 6.45) is 9.36. The second kappa shape index (κ2) is 8.87. The molecule has 0 unspecified atom stereocenters. The fraction of sp³-hybridized carbons (Fsp3) is 0.423. The summed E-state index contributed by atoms with van der Waals surface area (Å²) in [6.45, 7) is 3.14. The fourth-order valence-electron chi connectivity index (χ4n) is 5.01. The van der Waals surface area contributed by atoms with Gasteiger partial charge in [-0.3, -0.25) is 4.98 Å². The lowest BCUT2D eigenvalue weighted by molar-refractivity contribution is 0.456. The first-order valence-corrected chi connectivity index (χ1v) is 10.9. The number of fused-ring (bicyclic) bond motifs is 1. The highest BCUT2D eigenvalue weighted by molar-refractivity contribution is 5.86. The zero-order valence-corrected chi connectivity index (χ0v) is 17.0. The van der Waals surface area contributed by atoms with Crippen LogP contribution in [-0.4, -0.2) is 11.5 Å². The van der Waals surface area contributed by atoms with Crippen molar-refractivity contribution in [3.05, 3.63) is 77.6 Å². The molecule has 0 radical (unpaired) electrons. The number of hydrogen-bond donors (Lipinski definition) is 1. The normalized spacial score (nSPS) is 20.5.